The van der Waals surface area contributed by atoms with E-state index in [9.17, 15) is 4.79 Å². The molecule has 0 aliphatic heterocycles. The number of aromatic nitrogens is 2. The Hall–Kier alpha value is -2.30. The summed E-state index contributed by atoms with van der Waals surface area (Å²) in [4.78, 5) is 10.8. The van der Waals surface area contributed by atoms with Gasteiger partial charge < -0.3 is 9.84 Å². The lowest BCUT2D eigenvalue weighted by Crippen LogP contribution is -1.99. The lowest BCUT2D eigenvalue weighted by molar-refractivity contribution is 0.0697. The molecule has 0 atom stereocenters. The van der Waals surface area contributed by atoms with Crippen LogP contribution in [0.3, 0.4) is 0 Å². The standard InChI is InChI=1S/C12H12N2O3/c1-8-3-4-10(17-2)5-11(8)14-7-9(6-13-14)12(15)16/h3-7H,1-2H3,(H,15,16). The molecule has 17 heavy (non-hydrogen) atoms. The topological polar surface area (TPSA) is 64.3 Å². The number of carboxylic acids is 1. The summed E-state index contributed by atoms with van der Waals surface area (Å²) in [6.45, 7) is 1.93. The predicted octanol–water partition coefficient (Wildman–Crippen LogP) is 1.89. The van der Waals surface area contributed by atoms with Crippen molar-refractivity contribution in [2.45, 2.75) is 6.92 Å². The first-order valence-electron chi connectivity index (χ1n) is 5.05. The van der Waals surface area contributed by atoms with Crippen LogP contribution in [0, 0.1) is 6.92 Å². The molecule has 0 unspecified atom stereocenters. The molecule has 88 valence electrons. The fraction of sp³-hybridized carbons (Fsp3) is 0.167. The van der Waals surface area contributed by atoms with E-state index >= 15 is 0 Å². The van der Waals surface area contributed by atoms with E-state index in [1.807, 2.05) is 25.1 Å². The molecule has 5 heteroatoms. The lowest BCUT2D eigenvalue weighted by Gasteiger charge is -2.07. The van der Waals surface area contributed by atoms with Crippen LogP contribution < -0.4 is 4.74 Å². The van der Waals surface area contributed by atoms with Gasteiger partial charge in [0, 0.05) is 12.3 Å². The van der Waals surface area contributed by atoms with Crippen molar-refractivity contribution in [1.29, 1.82) is 0 Å². The molecule has 0 saturated carbocycles. The normalized spacial score (nSPS) is 10.2. The minimum atomic E-state index is -0.989. The molecule has 1 heterocycles. The zero-order valence-corrected chi connectivity index (χ0v) is 9.54. The van der Waals surface area contributed by atoms with Crippen molar-refractivity contribution in [3.63, 3.8) is 0 Å². The van der Waals surface area contributed by atoms with E-state index in [4.69, 9.17) is 9.84 Å². The number of aromatic carboxylic acids is 1. The van der Waals surface area contributed by atoms with Gasteiger partial charge in [-0.15, -0.1) is 0 Å². The molecule has 0 spiro atoms. The van der Waals surface area contributed by atoms with Gasteiger partial charge in [-0.1, -0.05) is 6.07 Å². The molecule has 0 fully saturated rings. The van der Waals surface area contributed by atoms with Crippen molar-refractivity contribution >= 4 is 5.97 Å². The summed E-state index contributed by atoms with van der Waals surface area (Å²) in [5, 5.41) is 12.9. The summed E-state index contributed by atoms with van der Waals surface area (Å²) >= 11 is 0. The number of aryl methyl sites for hydroxylation is 1. The van der Waals surface area contributed by atoms with E-state index < -0.39 is 5.97 Å². The first-order valence-corrected chi connectivity index (χ1v) is 5.05. The molecular weight excluding hydrogens is 220 g/mol. The van der Waals surface area contributed by atoms with Crippen LogP contribution in [-0.4, -0.2) is 28.0 Å². The van der Waals surface area contributed by atoms with E-state index in [0.29, 0.717) is 5.75 Å². The summed E-state index contributed by atoms with van der Waals surface area (Å²) < 4.78 is 6.66. The molecule has 0 radical (unpaired) electrons. The van der Waals surface area contributed by atoms with Gasteiger partial charge in [-0.2, -0.15) is 5.10 Å². The Kier molecular flexibility index (Phi) is 2.82. The van der Waals surface area contributed by atoms with Crippen LogP contribution in [-0.2, 0) is 0 Å². The second-order valence-corrected chi connectivity index (χ2v) is 3.63. The number of carbonyl (C=O) groups is 1. The average Bonchev–Trinajstić information content (AvgIpc) is 2.79. The third-order valence-electron chi connectivity index (χ3n) is 2.49. The average molecular weight is 232 g/mol. The van der Waals surface area contributed by atoms with Crippen molar-refractivity contribution < 1.29 is 14.6 Å². The van der Waals surface area contributed by atoms with Crippen LogP contribution >= 0.6 is 0 Å². The van der Waals surface area contributed by atoms with E-state index in [1.54, 1.807) is 7.11 Å². The third kappa shape index (κ3) is 2.13. The Morgan fingerprint density at radius 3 is 2.82 bits per heavy atom. The Bertz CT molecular complexity index is 561. The molecule has 5 nitrogen and oxygen atoms in total. The van der Waals surface area contributed by atoms with Gasteiger partial charge in [0.1, 0.15) is 5.75 Å². The van der Waals surface area contributed by atoms with Crippen LogP contribution in [0.15, 0.2) is 30.6 Å². The molecular formula is C12H12N2O3. The third-order valence-corrected chi connectivity index (χ3v) is 2.49. The maximum Gasteiger partial charge on any atom is 0.338 e. The minimum Gasteiger partial charge on any atom is -0.497 e. The second-order valence-electron chi connectivity index (χ2n) is 3.63. The summed E-state index contributed by atoms with van der Waals surface area (Å²) in [6.07, 6.45) is 2.80. The molecule has 0 bridgehead atoms. The molecule has 0 aliphatic rings. The van der Waals surface area contributed by atoms with Crippen LogP contribution in [0.4, 0.5) is 0 Å². The van der Waals surface area contributed by atoms with Crippen molar-refractivity contribution in [1.82, 2.24) is 9.78 Å². The van der Waals surface area contributed by atoms with Gasteiger partial charge in [0.15, 0.2) is 0 Å². The van der Waals surface area contributed by atoms with E-state index in [2.05, 4.69) is 5.10 Å². The summed E-state index contributed by atoms with van der Waals surface area (Å²) in [5.74, 6) is -0.283. The Morgan fingerprint density at radius 1 is 1.47 bits per heavy atom. The number of methoxy groups -OCH3 is 1. The molecule has 2 aromatic rings. The SMILES string of the molecule is COc1ccc(C)c(-n2cc(C(=O)O)cn2)c1. The Balaban J connectivity index is 2.47. The highest BCUT2D eigenvalue weighted by Gasteiger charge is 2.09. The number of rotatable bonds is 3. The first kappa shape index (κ1) is 11.2. The number of nitrogens with zero attached hydrogens (tertiary/aromatic N) is 2. The highest BCUT2D eigenvalue weighted by molar-refractivity contribution is 5.87. The molecule has 1 aromatic heterocycles. The van der Waals surface area contributed by atoms with Gasteiger partial charge in [-0.05, 0) is 18.6 Å². The molecule has 0 aliphatic carbocycles. The monoisotopic (exact) mass is 232 g/mol. The number of hydrogen-bond donors (Lipinski definition) is 1. The maximum atomic E-state index is 10.8. The quantitative estimate of drug-likeness (QED) is 0.877. The van der Waals surface area contributed by atoms with Crippen LogP contribution in [0.25, 0.3) is 5.69 Å². The summed E-state index contributed by atoms with van der Waals surface area (Å²) in [7, 11) is 1.58. The number of benzene rings is 1. The minimum absolute atomic E-state index is 0.159. The van der Waals surface area contributed by atoms with Crippen LogP contribution in [0.2, 0.25) is 0 Å². The van der Waals surface area contributed by atoms with Gasteiger partial charge in [-0.3, -0.25) is 0 Å². The zero-order valence-electron chi connectivity index (χ0n) is 9.54. The maximum absolute atomic E-state index is 10.8. The van der Waals surface area contributed by atoms with E-state index in [1.165, 1.54) is 17.1 Å². The van der Waals surface area contributed by atoms with Gasteiger partial charge in [-0.25, -0.2) is 9.48 Å². The van der Waals surface area contributed by atoms with Crippen molar-refractivity contribution in [2.75, 3.05) is 7.11 Å². The Morgan fingerprint density at radius 2 is 2.24 bits per heavy atom. The van der Waals surface area contributed by atoms with Gasteiger partial charge in [0.25, 0.3) is 0 Å². The van der Waals surface area contributed by atoms with Crippen molar-refractivity contribution in [3.8, 4) is 11.4 Å². The predicted molar refractivity (Wildman–Crippen MR) is 61.8 cm³/mol. The number of carboxylic acid groups (broad SMARTS) is 1. The summed E-state index contributed by atoms with van der Waals surface area (Å²) in [6, 6.07) is 5.56. The molecule has 1 aromatic carbocycles. The highest BCUT2D eigenvalue weighted by Crippen LogP contribution is 2.20. The number of ether oxygens (including phenoxy) is 1. The molecule has 1 N–H and O–H groups in total. The van der Waals surface area contributed by atoms with E-state index in [0.717, 1.165) is 11.3 Å². The van der Waals surface area contributed by atoms with Crippen LogP contribution in [0.1, 0.15) is 15.9 Å². The van der Waals surface area contributed by atoms with Gasteiger partial charge in [0.05, 0.1) is 24.6 Å². The second kappa shape index (κ2) is 4.29. The lowest BCUT2D eigenvalue weighted by atomic mass is 10.2. The van der Waals surface area contributed by atoms with E-state index in [-0.39, 0.29) is 5.56 Å². The fourth-order valence-electron chi connectivity index (χ4n) is 1.53. The summed E-state index contributed by atoms with van der Waals surface area (Å²) in [5.41, 5.74) is 1.95. The van der Waals surface area contributed by atoms with Crippen molar-refractivity contribution in [2.24, 2.45) is 0 Å². The van der Waals surface area contributed by atoms with Crippen molar-refractivity contribution in [3.05, 3.63) is 41.7 Å². The highest BCUT2D eigenvalue weighted by atomic mass is 16.5. The van der Waals surface area contributed by atoms with Gasteiger partial charge >= 0.3 is 5.97 Å². The number of hydrogen-bond acceptors (Lipinski definition) is 3. The first-order chi connectivity index (χ1) is 8.11. The Labute approximate surface area is 98.3 Å². The molecule has 0 saturated heterocycles. The zero-order chi connectivity index (χ0) is 12.4. The van der Waals surface area contributed by atoms with Gasteiger partial charge in [0.2, 0.25) is 0 Å². The fourth-order valence-corrected chi connectivity index (χ4v) is 1.53. The molecule has 2 rings (SSSR count). The van der Waals surface area contributed by atoms with Crippen LogP contribution in [0.5, 0.6) is 5.75 Å². The largest absolute Gasteiger partial charge is 0.497 e. The molecule has 0 amide bonds. The smallest absolute Gasteiger partial charge is 0.338 e.